The van der Waals surface area contributed by atoms with Crippen LogP contribution in [0.4, 0.5) is 15.9 Å². The highest BCUT2D eigenvalue weighted by Gasteiger charge is 2.20. The van der Waals surface area contributed by atoms with Crippen LogP contribution in [0, 0.1) is 5.82 Å². The van der Waals surface area contributed by atoms with Gasteiger partial charge >= 0.3 is 5.97 Å². The zero-order valence-electron chi connectivity index (χ0n) is 19.2. The minimum Gasteiger partial charge on any atom is -0.487 e. The predicted octanol–water partition coefficient (Wildman–Crippen LogP) is 7.54. The molecule has 1 unspecified atom stereocenters. The molecule has 2 N–H and O–H groups in total. The normalized spacial score (nSPS) is 12.1. The molecule has 9 heteroatoms. The maximum Gasteiger partial charge on any atom is 0.310 e. The first kappa shape index (κ1) is 24.0. The summed E-state index contributed by atoms with van der Waals surface area (Å²) in [5, 5.41) is 15.0. The van der Waals surface area contributed by atoms with Crippen LogP contribution >= 0.6 is 22.9 Å². The smallest absolute Gasteiger partial charge is 0.310 e. The van der Waals surface area contributed by atoms with Gasteiger partial charge in [-0.15, -0.1) is 11.3 Å². The molecular weight excluding hydrogens is 501 g/mol. The summed E-state index contributed by atoms with van der Waals surface area (Å²) in [5.74, 6) is -0.597. The van der Waals surface area contributed by atoms with E-state index < -0.39 is 11.9 Å². The number of aromatic nitrogens is 2. The molecule has 6 nitrogen and oxygen atoms in total. The summed E-state index contributed by atoms with van der Waals surface area (Å²) < 4.78 is 20.1. The zero-order valence-corrected chi connectivity index (χ0v) is 20.7. The number of benzene rings is 3. The molecule has 0 aliphatic carbocycles. The summed E-state index contributed by atoms with van der Waals surface area (Å²) in [6.45, 7) is 2.06. The summed E-state index contributed by atoms with van der Waals surface area (Å²) in [6, 6.07) is 17.2. The van der Waals surface area contributed by atoms with Gasteiger partial charge in [0.05, 0.1) is 16.3 Å². The van der Waals surface area contributed by atoms with Crippen molar-refractivity contribution in [3.63, 3.8) is 0 Å². The molecule has 1 atom stereocenters. The van der Waals surface area contributed by atoms with E-state index in [9.17, 15) is 14.3 Å². The van der Waals surface area contributed by atoms with Gasteiger partial charge in [0.25, 0.3) is 0 Å². The molecule has 5 rings (SSSR count). The maximum absolute atomic E-state index is 13.4. The number of carbonyl (C=O) groups is 1. The van der Waals surface area contributed by atoms with Crippen molar-refractivity contribution in [1.82, 2.24) is 9.97 Å². The van der Waals surface area contributed by atoms with Crippen molar-refractivity contribution in [2.75, 3.05) is 5.32 Å². The van der Waals surface area contributed by atoms with Crippen molar-refractivity contribution in [3.05, 3.63) is 89.0 Å². The summed E-state index contributed by atoms with van der Waals surface area (Å²) in [7, 11) is 0. The van der Waals surface area contributed by atoms with Crippen LogP contribution in [-0.2, 0) is 11.4 Å². The predicted molar refractivity (Wildman–Crippen MR) is 141 cm³/mol. The Labute approximate surface area is 215 Å². The number of rotatable bonds is 8. The van der Waals surface area contributed by atoms with Gasteiger partial charge in [0.2, 0.25) is 0 Å². The Bertz CT molecular complexity index is 1590. The largest absolute Gasteiger partial charge is 0.487 e. The molecule has 0 fully saturated rings. The fourth-order valence-electron chi connectivity index (χ4n) is 4.11. The Hall–Kier alpha value is -3.75. The SMILES string of the molecule is CCC(C(=O)O)c1ccc2c(c1)sc1ncnc(Nc3ccc(OCc4cccc(F)c4)c(Cl)c3)c12. The Morgan fingerprint density at radius 3 is 2.78 bits per heavy atom. The Morgan fingerprint density at radius 2 is 2.03 bits per heavy atom. The minimum atomic E-state index is -0.833. The van der Waals surface area contributed by atoms with Crippen molar-refractivity contribution < 1.29 is 19.0 Å². The molecule has 0 aliphatic heterocycles. The van der Waals surface area contributed by atoms with E-state index in [2.05, 4.69) is 15.3 Å². The van der Waals surface area contributed by atoms with Crippen LogP contribution in [0.2, 0.25) is 5.02 Å². The second kappa shape index (κ2) is 10.1. The van der Waals surface area contributed by atoms with Crippen molar-refractivity contribution in [2.24, 2.45) is 0 Å². The molecule has 2 heterocycles. The van der Waals surface area contributed by atoms with Crippen molar-refractivity contribution in [2.45, 2.75) is 25.9 Å². The van der Waals surface area contributed by atoms with E-state index in [1.165, 1.54) is 29.8 Å². The van der Waals surface area contributed by atoms with Gasteiger partial charge in [-0.3, -0.25) is 4.79 Å². The first-order valence-corrected chi connectivity index (χ1v) is 12.5. The summed E-state index contributed by atoms with van der Waals surface area (Å²) in [6.07, 6.45) is 2.01. The third kappa shape index (κ3) is 4.82. The molecule has 0 radical (unpaired) electrons. The first-order valence-electron chi connectivity index (χ1n) is 11.3. The van der Waals surface area contributed by atoms with Gasteiger partial charge in [0.1, 0.15) is 35.1 Å². The summed E-state index contributed by atoms with van der Waals surface area (Å²) in [5.41, 5.74) is 2.19. The molecule has 0 bridgehead atoms. The van der Waals surface area contributed by atoms with Crippen molar-refractivity contribution >= 4 is 60.7 Å². The number of hydrogen-bond acceptors (Lipinski definition) is 6. The molecule has 0 saturated heterocycles. The second-order valence-electron chi connectivity index (χ2n) is 8.25. The average Bonchev–Trinajstić information content (AvgIpc) is 3.23. The maximum atomic E-state index is 13.4. The molecule has 0 amide bonds. The van der Waals surface area contributed by atoms with Crippen LogP contribution in [0.5, 0.6) is 5.75 Å². The van der Waals surface area contributed by atoms with Crippen LogP contribution < -0.4 is 10.1 Å². The van der Waals surface area contributed by atoms with Gasteiger partial charge in [-0.05, 0) is 53.9 Å². The number of nitrogens with zero attached hydrogens (tertiary/aromatic N) is 2. The fraction of sp³-hybridized carbons (Fsp3) is 0.148. The van der Waals surface area contributed by atoms with Gasteiger partial charge in [-0.1, -0.05) is 42.8 Å². The second-order valence-corrected chi connectivity index (χ2v) is 9.69. The van der Waals surface area contributed by atoms with Gasteiger partial charge in [0, 0.05) is 15.8 Å². The lowest BCUT2D eigenvalue weighted by molar-refractivity contribution is -0.138. The van der Waals surface area contributed by atoms with Gasteiger partial charge in [0.15, 0.2) is 0 Å². The molecular formula is C27H21ClFN3O3S. The lowest BCUT2D eigenvalue weighted by atomic mass is 9.96. The third-order valence-electron chi connectivity index (χ3n) is 5.88. The average molecular weight is 522 g/mol. The molecule has 36 heavy (non-hydrogen) atoms. The molecule has 2 aromatic heterocycles. The van der Waals surface area contributed by atoms with Crippen LogP contribution in [0.25, 0.3) is 20.3 Å². The van der Waals surface area contributed by atoms with Crippen LogP contribution in [0.15, 0.2) is 67.0 Å². The van der Waals surface area contributed by atoms with Crippen LogP contribution in [-0.4, -0.2) is 21.0 Å². The third-order valence-corrected chi connectivity index (χ3v) is 7.24. The van der Waals surface area contributed by atoms with E-state index in [4.69, 9.17) is 16.3 Å². The zero-order chi connectivity index (χ0) is 25.2. The van der Waals surface area contributed by atoms with Gasteiger partial charge < -0.3 is 15.2 Å². The number of fused-ring (bicyclic) bond motifs is 3. The van der Waals surface area contributed by atoms with Crippen LogP contribution in [0.3, 0.4) is 0 Å². The number of carboxylic acids is 1. The van der Waals surface area contributed by atoms with Gasteiger partial charge in [-0.25, -0.2) is 14.4 Å². The highest BCUT2D eigenvalue weighted by atomic mass is 35.5. The molecule has 0 aliphatic rings. The molecule has 3 aromatic carbocycles. The number of ether oxygens (including phenoxy) is 1. The first-order chi connectivity index (χ1) is 17.4. The highest BCUT2D eigenvalue weighted by molar-refractivity contribution is 7.25. The van der Waals surface area contributed by atoms with E-state index >= 15 is 0 Å². The van der Waals surface area contributed by atoms with Crippen LogP contribution in [0.1, 0.15) is 30.4 Å². The van der Waals surface area contributed by atoms with Gasteiger partial charge in [-0.2, -0.15) is 0 Å². The molecule has 0 spiro atoms. The highest BCUT2D eigenvalue weighted by Crippen LogP contribution is 2.39. The quantitative estimate of drug-likeness (QED) is 0.219. The van der Waals surface area contributed by atoms with Crippen molar-refractivity contribution in [1.29, 1.82) is 0 Å². The number of nitrogens with one attached hydrogen (secondary N) is 1. The lowest BCUT2D eigenvalue weighted by Crippen LogP contribution is -2.10. The number of anilines is 2. The number of thiophene rings is 1. The summed E-state index contributed by atoms with van der Waals surface area (Å²) in [4.78, 5) is 21.3. The Morgan fingerprint density at radius 1 is 1.17 bits per heavy atom. The number of aliphatic carboxylic acids is 1. The number of hydrogen-bond donors (Lipinski definition) is 2. The van der Waals surface area contributed by atoms with E-state index in [0.29, 0.717) is 34.3 Å². The Kier molecular flexibility index (Phi) is 6.71. The summed E-state index contributed by atoms with van der Waals surface area (Å²) >= 11 is 7.95. The van der Waals surface area contributed by atoms with E-state index in [-0.39, 0.29) is 12.4 Å². The lowest BCUT2D eigenvalue weighted by Gasteiger charge is -2.12. The monoisotopic (exact) mass is 521 g/mol. The standard InChI is InChI=1S/C27H21ClFN3O3S/c1-2-19(27(33)34)16-6-8-20-23(11-16)36-26-24(20)25(30-14-31-26)32-18-7-9-22(21(28)12-18)35-13-15-4-3-5-17(29)10-15/h3-12,14,19H,2,13H2,1H3,(H,33,34)(H,30,31,32). The van der Waals surface area contributed by atoms with E-state index in [1.54, 1.807) is 24.3 Å². The fourth-order valence-corrected chi connectivity index (χ4v) is 5.44. The van der Waals surface area contributed by atoms with E-state index in [1.807, 2.05) is 31.2 Å². The van der Waals surface area contributed by atoms with E-state index in [0.717, 1.165) is 25.9 Å². The Balaban J connectivity index is 1.41. The van der Waals surface area contributed by atoms with Crippen molar-refractivity contribution in [3.8, 4) is 5.75 Å². The number of halogens is 2. The topological polar surface area (TPSA) is 84.3 Å². The molecule has 0 saturated carbocycles. The number of carboxylic acid groups (broad SMARTS) is 1. The minimum absolute atomic E-state index is 0.195. The molecule has 182 valence electrons. The molecule has 5 aromatic rings.